The molecule has 1 fully saturated rings. The Morgan fingerprint density at radius 2 is 2.05 bits per heavy atom. The Kier molecular flexibility index (Phi) is 5.05. The first-order chi connectivity index (χ1) is 9.58. The van der Waals surface area contributed by atoms with E-state index in [0.29, 0.717) is 17.0 Å². The van der Waals surface area contributed by atoms with Crippen molar-refractivity contribution in [3.8, 4) is 0 Å². The van der Waals surface area contributed by atoms with Gasteiger partial charge in [0.15, 0.2) is 9.84 Å². The first-order valence-corrected chi connectivity index (χ1v) is 8.85. The third-order valence-electron chi connectivity index (χ3n) is 3.79. The molecule has 1 saturated carbocycles. The monoisotopic (exact) mass is 297 g/mol. The average molecular weight is 297 g/mol. The summed E-state index contributed by atoms with van der Waals surface area (Å²) < 4.78 is 30.1. The van der Waals surface area contributed by atoms with Gasteiger partial charge in [-0.15, -0.1) is 0 Å². The fourth-order valence-corrected chi connectivity index (χ4v) is 4.31. The van der Waals surface area contributed by atoms with E-state index >= 15 is 0 Å². The van der Waals surface area contributed by atoms with Crippen LogP contribution < -0.4 is 5.32 Å². The Morgan fingerprint density at radius 1 is 1.30 bits per heavy atom. The second kappa shape index (κ2) is 6.59. The predicted octanol–water partition coefficient (Wildman–Crippen LogP) is 2.85. The molecular formula is C15H23NO3S. The lowest BCUT2D eigenvalue weighted by atomic mass is 10.2. The highest BCUT2D eigenvalue weighted by molar-refractivity contribution is 7.91. The van der Waals surface area contributed by atoms with Crippen molar-refractivity contribution in [1.82, 2.24) is 0 Å². The van der Waals surface area contributed by atoms with Gasteiger partial charge >= 0.3 is 0 Å². The molecule has 2 rings (SSSR count). The molecule has 5 heteroatoms. The van der Waals surface area contributed by atoms with Gasteiger partial charge in [-0.3, -0.25) is 0 Å². The number of hydrogen-bond acceptors (Lipinski definition) is 4. The summed E-state index contributed by atoms with van der Waals surface area (Å²) in [6.45, 7) is 1.88. The van der Waals surface area contributed by atoms with Gasteiger partial charge in [0.2, 0.25) is 0 Å². The molecule has 20 heavy (non-hydrogen) atoms. The quantitative estimate of drug-likeness (QED) is 0.877. The number of para-hydroxylation sites is 1. The summed E-state index contributed by atoms with van der Waals surface area (Å²) in [5.41, 5.74) is 0.704. The molecule has 1 N–H and O–H groups in total. The lowest BCUT2D eigenvalue weighted by Crippen LogP contribution is -2.30. The molecule has 0 saturated heterocycles. The normalized spacial score (nSPS) is 22.9. The highest BCUT2D eigenvalue weighted by atomic mass is 32.2. The van der Waals surface area contributed by atoms with E-state index in [1.54, 1.807) is 19.2 Å². The van der Waals surface area contributed by atoms with E-state index in [1.165, 1.54) is 0 Å². The largest absolute Gasteiger partial charge is 0.379 e. The van der Waals surface area contributed by atoms with Gasteiger partial charge in [0.05, 0.1) is 28.5 Å². The highest BCUT2D eigenvalue weighted by Crippen LogP contribution is 2.29. The lowest BCUT2D eigenvalue weighted by Gasteiger charge is -2.22. The lowest BCUT2D eigenvalue weighted by molar-refractivity contribution is 0.101. The van der Waals surface area contributed by atoms with Crippen molar-refractivity contribution in [1.29, 1.82) is 0 Å². The first kappa shape index (κ1) is 15.3. The minimum atomic E-state index is -3.21. The van der Waals surface area contributed by atoms with Crippen molar-refractivity contribution < 1.29 is 13.2 Å². The number of methoxy groups -OCH3 is 1. The molecule has 0 aliphatic heterocycles. The standard InChI is InChI=1S/C15H23NO3S/c1-3-11-20(17,18)15-10-5-4-7-13(15)16-12-8-6-9-14(12)19-2/h4-5,7,10,12,14,16H,3,6,8-9,11H2,1-2H3. The number of sulfone groups is 1. The van der Waals surface area contributed by atoms with Crippen molar-refractivity contribution in [2.75, 3.05) is 18.2 Å². The third-order valence-corrected chi connectivity index (χ3v) is 5.76. The van der Waals surface area contributed by atoms with E-state index in [2.05, 4.69) is 5.32 Å². The van der Waals surface area contributed by atoms with Crippen LogP contribution in [0, 0.1) is 0 Å². The van der Waals surface area contributed by atoms with Crippen molar-refractivity contribution in [2.24, 2.45) is 0 Å². The van der Waals surface area contributed by atoms with Crippen LogP contribution in [0.25, 0.3) is 0 Å². The van der Waals surface area contributed by atoms with Crippen molar-refractivity contribution >= 4 is 15.5 Å². The second-order valence-corrected chi connectivity index (χ2v) is 7.35. The van der Waals surface area contributed by atoms with Crippen LogP contribution in [0.5, 0.6) is 0 Å². The van der Waals surface area contributed by atoms with E-state index in [4.69, 9.17) is 4.74 Å². The minimum absolute atomic E-state index is 0.164. The van der Waals surface area contributed by atoms with E-state index in [-0.39, 0.29) is 17.9 Å². The summed E-state index contributed by atoms with van der Waals surface area (Å²) >= 11 is 0. The van der Waals surface area contributed by atoms with Crippen LogP contribution in [0.3, 0.4) is 0 Å². The van der Waals surface area contributed by atoms with Gasteiger partial charge in [0, 0.05) is 7.11 Å². The predicted molar refractivity (Wildman–Crippen MR) is 80.8 cm³/mol. The third kappa shape index (κ3) is 3.33. The van der Waals surface area contributed by atoms with E-state index in [1.807, 2.05) is 19.1 Å². The Morgan fingerprint density at radius 3 is 2.75 bits per heavy atom. The summed E-state index contributed by atoms with van der Waals surface area (Å²) in [7, 11) is -1.50. The van der Waals surface area contributed by atoms with Crippen LogP contribution in [0.1, 0.15) is 32.6 Å². The van der Waals surface area contributed by atoms with Crippen molar-refractivity contribution in [2.45, 2.75) is 49.6 Å². The second-order valence-electron chi connectivity index (χ2n) is 5.27. The van der Waals surface area contributed by atoms with E-state index < -0.39 is 9.84 Å². The Balaban J connectivity index is 2.24. The van der Waals surface area contributed by atoms with Gasteiger partial charge in [-0.25, -0.2) is 8.42 Å². The smallest absolute Gasteiger partial charge is 0.180 e. The summed E-state index contributed by atoms with van der Waals surface area (Å²) in [6.07, 6.45) is 3.94. The molecule has 0 aromatic heterocycles. The zero-order valence-corrected chi connectivity index (χ0v) is 12.9. The Labute approximate surface area is 121 Å². The van der Waals surface area contributed by atoms with Gasteiger partial charge in [0.25, 0.3) is 0 Å². The summed E-state index contributed by atoms with van der Waals surface area (Å²) in [6, 6.07) is 7.36. The van der Waals surface area contributed by atoms with Crippen LogP contribution in [0.15, 0.2) is 29.2 Å². The molecule has 2 unspecified atom stereocenters. The fraction of sp³-hybridized carbons (Fsp3) is 0.600. The molecule has 112 valence electrons. The molecule has 1 aliphatic carbocycles. The number of anilines is 1. The van der Waals surface area contributed by atoms with E-state index in [0.717, 1.165) is 19.3 Å². The van der Waals surface area contributed by atoms with Gasteiger partial charge in [-0.1, -0.05) is 19.1 Å². The average Bonchev–Trinajstić information content (AvgIpc) is 2.86. The number of nitrogens with one attached hydrogen (secondary N) is 1. The molecule has 0 bridgehead atoms. The summed E-state index contributed by atoms with van der Waals surface area (Å²) in [5, 5.41) is 3.37. The molecule has 1 aromatic rings. The minimum Gasteiger partial charge on any atom is -0.379 e. The van der Waals surface area contributed by atoms with Gasteiger partial charge < -0.3 is 10.1 Å². The summed E-state index contributed by atoms with van der Waals surface area (Å²) in [4.78, 5) is 0.406. The topological polar surface area (TPSA) is 55.4 Å². The SMILES string of the molecule is CCCS(=O)(=O)c1ccccc1NC1CCCC1OC. The molecule has 1 aliphatic rings. The molecule has 1 aromatic carbocycles. The van der Waals surface area contributed by atoms with Crippen LogP contribution in [-0.2, 0) is 14.6 Å². The molecular weight excluding hydrogens is 274 g/mol. The molecule has 2 atom stereocenters. The molecule has 0 amide bonds. The fourth-order valence-electron chi connectivity index (χ4n) is 2.81. The highest BCUT2D eigenvalue weighted by Gasteiger charge is 2.28. The van der Waals surface area contributed by atoms with Crippen molar-refractivity contribution in [3.63, 3.8) is 0 Å². The molecule has 4 nitrogen and oxygen atoms in total. The molecule has 0 radical (unpaired) electrons. The number of hydrogen-bond donors (Lipinski definition) is 1. The number of ether oxygens (including phenoxy) is 1. The number of benzene rings is 1. The van der Waals surface area contributed by atoms with Gasteiger partial charge in [-0.2, -0.15) is 0 Å². The zero-order chi connectivity index (χ0) is 14.6. The molecule has 0 heterocycles. The van der Waals surface area contributed by atoms with Crippen LogP contribution in [0.2, 0.25) is 0 Å². The Hall–Kier alpha value is -1.07. The van der Waals surface area contributed by atoms with Gasteiger partial charge in [0.1, 0.15) is 0 Å². The molecule has 0 spiro atoms. The van der Waals surface area contributed by atoms with Crippen LogP contribution >= 0.6 is 0 Å². The maximum atomic E-state index is 12.3. The van der Waals surface area contributed by atoms with Crippen molar-refractivity contribution in [3.05, 3.63) is 24.3 Å². The maximum Gasteiger partial charge on any atom is 0.180 e. The Bertz CT molecular complexity index is 542. The number of rotatable bonds is 6. The zero-order valence-electron chi connectivity index (χ0n) is 12.1. The van der Waals surface area contributed by atoms with Crippen LogP contribution in [0.4, 0.5) is 5.69 Å². The van der Waals surface area contributed by atoms with Crippen LogP contribution in [-0.4, -0.2) is 33.4 Å². The summed E-state index contributed by atoms with van der Waals surface area (Å²) in [5.74, 6) is 0.185. The van der Waals surface area contributed by atoms with Gasteiger partial charge in [-0.05, 0) is 37.8 Å². The first-order valence-electron chi connectivity index (χ1n) is 7.19. The van der Waals surface area contributed by atoms with E-state index in [9.17, 15) is 8.42 Å². The maximum absolute atomic E-state index is 12.3.